The summed E-state index contributed by atoms with van der Waals surface area (Å²) < 4.78 is 1.26. The summed E-state index contributed by atoms with van der Waals surface area (Å²) in [6.45, 7) is 8.25. The maximum atomic E-state index is 3.37. The normalized spacial score (nSPS) is 42.8. The fourth-order valence-electron chi connectivity index (χ4n) is 2.18. The first-order chi connectivity index (χ1) is 5.56. The lowest BCUT2D eigenvalue weighted by atomic mass is 10.2. The van der Waals surface area contributed by atoms with Crippen molar-refractivity contribution in [2.75, 3.05) is 20.6 Å². The van der Waals surface area contributed by atoms with Gasteiger partial charge in [0.05, 0.1) is 19.6 Å². The van der Waals surface area contributed by atoms with Gasteiger partial charge in [-0.25, -0.2) is 0 Å². The third-order valence-electron chi connectivity index (χ3n) is 3.98. The summed E-state index contributed by atoms with van der Waals surface area (Å²) in [4.78, 5) is 0. The lowest BCUT2D eigenvalue weighted by Gasteiger charge is -2.21. The number of nitrogens with one attached hydrogen (secondary N) is 1. The summed E-state index contributed by atoms with van der Waals surface area (Å²) in [5.74, 6) is 0. The van der Waals surface area contributed by atoms with Gasteiger partial charge in [0.15, 0.2) is 0 Å². The molecule has 0 saturated carbocycles. The van der Waals surface area contributed by atoms with Crippen molar-refractivity contribution in [1.29, 1.82) is 0 Å². The van der Waals surface area contributed by atoms with Crippen LogP contribution in [-0.4, -0.2) is 43.2 Å². The minimum absolute atomic E-state index is 0.697. The predicted octanol–water partition coefficient (Wildman–Crippen LogP) is 1.22. The Labute approximate surface area is 76.5 Å². The van der Waals surface area contributed by atoms with Crippen LogP contribution in [0.5, 0.6) is 0 Å². The van der Waals surface area contributed by atoms with Crippen molar-refractivity contribution in [2.45, 2.75) is 45.3 Å². The van der Waals surface area contributed by atoms with Gasteiger partial charge in [0.2, 0.25) is 0 Å². The van der Waals surface area contributed by atoms with Gasteiger partial charge in [0, 0.05) is 0 Å². The van der Waals surface area contributed by atoms with Gasteiger partial charge in [-0.3, -0.25) is 0 Å². The van der Waals surface area contributed by atoms with Crippen LogP contribution in [0.4, 0.5) is 0 Å². The van der Waals surface area contributed by atoms with Crippen molar-refractivity contribution in [3.63, 3.8) is 0 Å². The Kier molecular flexibility index (Phi) is 2.79. The van der Waals surface area contributed by atoms with Gasteiger partial charge < -0.3 is 9.80 Å². The molecule has 3 unspecified atom stereocenters. The van der Waals surface area contributed by atoms with Crippen LogP contribution >= 0.6 is 0 Å². The lowest BCUT2D eigenvalue weighted by molar-refractivity contribution is -0.804. The molecule has 1 aliphatic heterocycles. The maximum Gasteiger partial charge on any atom is 0.139 e. The number of hydrogen-bond donors (Lipinski definition) is 1. The van der Waals surface area contributed by atoms with E-state index in [1.54, 1.807) is 0 Å². The van der Waals surface area contributed by atoms with E-state index in [1.165, 1.54) is 17.4 Å². The number of rotatable bonds is 4. The van der Waals surface area contributed by atoms with E-state index in [0.717, 1.165) is 12.1 Å². The minimum Gasteiger partial charge on any atom is -0.312 e. The fourth-order valence-corrected chi connectivity index (χ4v) is 2.18. The van der Waals surface area contributed by atoms with Crippen LogP contribution in [0.1, 0.15) is 27.2 Å². The molecule has 0 bridgehead atoms. The topological polar surface area (TPSA) is 12.0 Å². The van der Waals surface area contributed by atoms with Gasteiger partial charge in [-0.05, 0) is 27.3 Å². The van der Waals surface area contributed by atoms with E-state index in [9.17, 15) is 0 Å². The Hall–Kier alpha value is -0.0800. The SMILES string of the molecule is CCC(C[N+]1(C)C(C)C1C)NC. The first-order valence-electron chi connectivity index (χ1n) is 5.08. The standard InChI is InChI=1S/C10H23N2/c1-6-10(11-4)7-12(5)8(2)9(12)3/h8-11H,6-7H2,1-5H3/q+1. The first-order valence-corrected chi connectivity index (χ1v) is 5.08. The second kappa shape index (κ2) is 3.35. The molecule has 1 heterocycles. The quantitative estimate of drug-likeness (QED) is 0.495. The maximum absolute atomic E-state index is 3.37. The highest BCUT2D eigenvalue weighted by molar-refractivity contribution is 4.81. The smallest absolute Gasteiger partial charge is 0.139 e. The highest BCUT2D eigenvalue weighted by Gasteiger charge is 2.57. The molecule has 2 heteroatoms. The van der Waals surface area contributed by atoms with Crippen LogP contribution in [0.2, 0.25) is 0 Å². The van der Waals surface area contributed by atoms with Crippen molar-refractivity contribution in [3.8, 4) is 0 Å². The van der Waals surface area contributed by atoms with E-state index in [0.29, 0.717) is 6.04 Å². The molecular formula is C10H23N2+. The zero-order valence-corrected chi connectivity index (χ0v) is 9.09. The fraction of sp³-hybridized carbons (Fsp3) is 1.00. The summed E-state index contributed by atoms with van der Waals surface area (Å²) in [5, 5.41) is 3.37. The molecule has 0 spiro atoms. The zero-order chi connectivity index (χ0) is 9.35. The van der Waals surface area contributed by atoms with E-state index in [1.807, 2.05) is 0 Å². The van der Waals surface area contributed by atoms with Crippen LogP contribution in [0, 0.1) is 0 Å². The Morgan fingerprint density at radius 3 is 2.08 bits per heavy atom. The highest BCUT2D eigenvalue weighted by Crippen LogP contribution is 2.36. The molecule has 12 heavy (non-hydrogen) atoms. The largest absolute Gasteiger partial charge is 0.312 e. The summed E-state index contributed by atoms with van der Waals surface area (Å²) in [7, 11) is 4.44. The van der Waals surface area contributed by atoms with Crippen LogP contribution in [0.3, 0.4) is 0 Å². The zero-order valence-electron chi connectivity index (χ0n) is 9.09. The number of nitrogens with zero attached hydrogens (tertiary/aromatic N) is 1. The molecule has 0 aromatic carbocycles. The Morgan fingerprint density at radius 1 is 1.33 bits per heavy atom. The molecule has 2 nitrogen and oxygen atoms in total. The van der Waals surface area contributed by atoms with Gasteiger partial charge in [0.1, 0.15) is 12.1 Å². The van der Waals surface area contributed by atoms with Gasteiger partial charge in [-0.2, -0.15) is 0 Å². The van der Waals surface area contributed by atoms with Crippen molar-refractivity contribution >= 4 is 0 Å². The molecule has 3 atom stereocenters. The van der Waals surface area contributed by atoms with Crippen LogP contribution < -0.4 is 5.32 Å². The number of likely N-dealkylation sites (N-methyl/N-ethyl adjacent to an activating group) is 2. The molecular weight excluding hydrogens is 148 g/mol. The van der Waals surface area contributed by atoms with Crippen molar-refractivity contribution in [3.05, 3.63) is 0 Å². The molecule has 0 radical (unpaired) electrons. The number of quaternary nitrogens is 1. The molecule has 0 amide bonds. The molecule has 0 aliphatic carbocycles. The molecule has 0 aromatic heterocycles. The molecule has 72 valence electrons. The third-order valence-corrected chi connectivity index (χ3v) is 3.98. The monoisotopic (exact) mass is 171 g/mol. The Morgan fingerprint density at radius 2 is 1.83 bits per heavy atom. The van der Waals surface area contributed by atoms with E-state index in [2.05, 4.69) is 40.2 Å². The second-order valence-electron chi connectivity index (χ2n) is 4.40. The van der Waals surface area contributed by atoms with Crippen LogP contribution in [-0.2, 0) is 0 Å². The molecule has 1 N–H and O–H groups in total. The van der Waals surface area contributed by atoms with E-state index in [4.69, 9.17) is 0 Å². The predicted molar refractivity (Wildman–Crippen MR) is 53.1 cm³/mol. The average Bonchev–Trinajstić information content (AvgIpc) is 2.53. The van der Waals surface area contributed by atoms with Crippen molar-refractivity contribution < 1.29 is 4.48 Å². The third kappa shape index (κ3) is 1.50. The van der Waals surface area contributed by atoms with Crippen LogP contribution in [0.25, 0.3) is 0 Å². The molecule has 1 aliphatic rings. The van der Waals surface area contributed by atoms with Crippen LogP contribution in [0.15, 0.2) is 0 Å². The van der Waals surface area contributed by atoms with Gasteiger partial charge in [-0.1, -0.05) is 6.92 Å². The first kappa shape index (κ1) is 10.0. The van der Waals surface area contributed by atoms with E-state index < -0.39 is 0 Å². The van der Waals surface area contributed by atoms with Crippen molar-refractivity contribution in [2.24, 2.45) is 0 Å². The van der Waals surface area contributed by atoms with Gasteiger partial charge >= 0.3 is 0 Å². The Bertz CT molecular complexity index is 144. The molecule has 0 aromatic rings. The minimum atomic E-state index is 0.697. The van der Waals surface area contributed by atoms with Gasteiger partial charge in [-0.15, -0.1) is 0 Å². The van der Waals surface area contributed by atoms with E-state index >= 15 is 0 Å². The summed E-state index contributed by atoms with van der Waals surface area (Å²) >= 11 is 0. The summed E-state index contributed by atoms with van der Waals surface area (Å²) in [6, 6.07) is 2.43. The second-order valence-corrected chi connectivity index (χ2v) is 4.40. The summed E-state index contributed by atoms with van der Waals surface area (Å²) in [5.41, 5.74) is 0. The Balaban J connectivity index is 2.41. The molecule has 1 fully saturated rings. The molecule has 1 rings (SSSR count). The lowest BCUT2D eigenvalue weighted by Crippen LogP contribution is -2.40. The average molecular weight is 171 g/mol. The number of hydrogen-bond acceptors (Lipinski definition) is 1. The van der Waals surface area contributed by atoms with E-state index in [-0.39, 0.29) is 0 Å². The van der Waals surface area contributed by atoms with Gasteiger partial charge in [0.25, 0.3) is 0 Å². The highest BCUT2D eigenvalue weighted by atomic mass is 15.5. The van der Waals surface area contributed by atoms with Crippen molar-refractivity contribution in [1.82, 2.24) is 5.32 Å². The molecule has 1 saturated heterocycles. The summed E-state index contributed by atoms with van der Waals surface area (Å²) in [6.07, 6.45) is 1.24.